The van der Waals surface area contributed by atoms with Gasteiger partial charge in [0.1, 0.15) is 17.5 Å². The van der Waals surface area contributed by atoms with Gasteiger partial charge in [0.2, 0.25) is 0 Å². The molecule has 0 spiro atoms. The van der Waals surface area contributed by atoms with Crippen molar-refractivity contribution in [3.05, 3.63) is 46.6 Å². The zero-order chi connectivity index (χ0) is 12.7. The minimum absolute atomic E-state index is 0.131. The molecule has 3 nitrogen and oxygen atoms in total. The maximum Gasteiger partial charge on any atom is 0.178 e. The Hall–Kier alpha value is -1.82. The van der Waals surface area contributed by atoms with E-state index in [1.807, 2.05) is 0 Å². The molecule has 90 valence electrons. The Morgan fingerprint density at radius 3 is 2.56 bits per heavy atom. The molecule has 1 aromatic carbocycles. The third-order valence-corrected chi connectivity index (χ3v) is 2.96. The van der Waals surface area contributed by atoms with Crippen LogP contribution in [-0.4, -0.2) is 15.0 Å². The van der Waals surface area contributed by atoms with Crippen LogP contribution in [0.25, 0.3) is 22.6 Å². The lowest BCUT2D eigenvalue weighted by molar-refractivity contribution is 0.586. The molecule has 2 aromatic heterocycles. The molecule has 0 unspecified atom stereocenters. The number of halogens is 3. The zero-order valence-corrected chi connectivity index (χ0v) is 10.5. The van der Waals surface area contributed by atoms with Crippen molar-refractivity contribution in [1.29, 1.82) is 0 Å². The quantitative estimate of drug-likeness (QED) is 0.745. The van der Waals surface area contributed by atoms with E-state index in [4.69, 9.17) is 0 Å². The lowest BCUT2D eigenvalue weighted by atomic mass is 10.2. The second-order valence-electron chi connectivity index (χ2n) is 3.70. The highest BCUT2D eigenvalue weighted by molar-refractivity contribution is 9.10. The number of rotatable bonds is 1. The Morgan fingerprint density at radius 2 is 1.89 bits per heavy atom. The van der Waals surface area contributed by atoms with Crippen LogP contribution in [0, 0.1) is 11.6 Å². The van der Waals surface area contributed by atoms with E-state index < -0.39 is 11.6 Å². The fourth-order valence-electron chi connectivity index (χ4n) is 1.73. The Morgan fingerprint density at radius 1 is 1.17 bits per heavy atom. The van der Waals surface area contributed by atoms with Crippen molar-refractivity contribution in [2.24, 2.45) is 0 Å². The molecule has 18 heavy (non-hydrogen) atoms. The molecule has 6 heteroatoms. The van der Waals surface area contributed by atoms with Crippen molar-refractivity contribution in [3.8, 4) is 11.4 Å². The first-order chi connectivity index (χ1) is 8.65. The number of aromatic amines is 1. The number of aromatic nitrogens is 3. The van der Waals surface area contributed by atoms with E-state index in [9.17, 15) is 8.78 Å². The van der Waals surface area contributed by atoms with Crippen LogP contribution in [-0.2, 0) is 0 Å². The van der Waals surface area contributed by atoms with Gasteiger partial charge in [-0.3, -0.25) is 0 Å². The molecule has 0 aliphatic heterocycles. The molecule has 0 radical (unpaired) electrons. The molecule has 1 N–H and O–H groups in total. The Balaban J connectivity index is 2.26. The number of nitrogens with zero attached hydrogens (tertiary/aromatic N) is 2. The van der Waals surface area contributed by atoms with Crippen LogP contribution in [0.3, 0.4) is 0 Å². The monoisotopic (exact) mass is 309 g/mol. The smallest absolute Gasteiger partial charge is 0.178 e. The summed E-state index contributed by atoms with van der Waals surface area (Å²) in [6, 6.07) is 5.85. The van der Waals surface area contributed by atoms with E-state index in [1.165, 1.54) is 12.1 Å². The van der Waals surface area contributed by atoms with Crippen LogP contribution in [0.4, 0.5) is 8.78 Å². The third kappa shape index (κ3) is 1.78. The van der Waals surface area contributed by atoms with Gasteiger partial charge in [-0.2, -0.15) is 0 Å². The van der Waals surface area contributed by atoms with E-state index in [-0.39, 0.29) is 11.4 Å². The summed E-state index contributed by atoms with van der Waals surface area (Å²) < 4.78 is 27.9. The number of nitrogens with one attached hydrogen (secondary N) is 1. The zero-order valence-electron chi connectivity index (χ0n) is 8.92. The summed E-state index contributed by atoms with van der Waals surface area (Å²) in [4.78, 5) is 10.9. The first-order valence-corrected chi connectivity index (χ1v) is 5.90. The lowest BCUT2D eigenvalue weighted by Crippen LogP contribution is -1.92. The van der Waals surface area contributed by atoms with Crippen LogP contribution in [0.15, 0.2) is 34.9 Å². The summed E-state index contributed by atoms with van der Waals surface area (Å²) in [6.07, 6.45) is 1.57. The Kier molecular flexibility index (Phi) is 2.59. The predicted molar refractivity (Wildman–Crippen MR) is 66.9 cm³/mol. The van der Waals surface area contributed by atoms with E-state index >= 15 is 0 Å². The molecule has 3 aromatic rings. The number of pyridine rings is 1. The number of H-pyrrole nitrogens is 1. The molecule has 0 saturated carbocycles. The number of hydrogen-bond donors (Lipinski definition) is 1. The molecule has 3 rings (SSSR count). The van der Waals surface area contributed by atoms with Crippen LogP contribution >= 0.6 is 15.9 Å². The van der Waals surface area contributed by atoms with Gasteiger partial charge in [-0.05, 0) is 24.3 Å². The standard InChI is InChI=1S/C12H6BrF2N3/c13-6-4-7(14)10(8(15)5-6)12-17-9-2-1-3-16-11(9)18-12/h1-5H,(H,16,17,18). The Labute approximate surface area is 109 Å². The molecule has 0 saturated heterocycles. The second-order valence-corrected chi connectivity index (χ2v) is 4.62. The summed E-state index contributed by atoms with van der Waals surface area (Å²) >= 11 is 3.03. The molecule has 0 bridgehead atoms. The predicted octanol–water partition coefficient (Wildman–Crippen LogP) is 3.67. The van der Waals surface area contributed by atoms with Crippen LogP contribution < -0.4 is 0 Å². The summed E-state index contributed by atoms with van der Waals surface area (Å²) in [6.45, 7) is 0. The molecule has 0 aliphatic rings. The van der Waals surface area contributed by atoms with Gasteiger partial charge in [0.05, 0.1) is 11.1 Å². The largest absolute Gasteiger partial charge is 0.336 e. The number of hydrogen-bond acceptors (Lipinski definition) is 2. The fraction of sp³-hybridized carbons (Fsp3) is 0. The van der Waals surface area contributed by atoms with Crippen LogP contribution in [0.5, 0.6) is 0 Å². The van der Waals surface area contributed by atoms with Crippen molar-refractivity contribution in [2.45, 2.75) is 0 Å². The summed E-state index contributed by atoms with van der Waals surface area (Å²) in [7, 11) is 0. The second kappa shape index (κ2) is 4.13. The average molecular weight is 310 g/mol. The van der Waals surface area contributed by atoms with Gasteiger partial charge in [-0.25, -0.2) is 18.7 Å². The molecule has 2 heterocycles. The van der Waals surface area contributed by atoms with Gasteiger partial charge in [0, 0.05) is 10.7 Å². The van der Waals surface area contributed by atoms with Gasteiger partial charge in [0.25, 0.3) is 0 Å². The SMILES string of the molecule is Fc1cc(Br)cc(F)c1-c1nc2ncccc2[nH]1. The summed E-state index contributed by atoms with van der Waals surface area (Å²) in [5, 5.41) is 0. The van der Waals surface area contributed by atoms with Crippen LogP contribution in [0.1, 0.15) is 0 Å². The van der Waals surface area contributed by atoms with Crippen molar-refractivity contribution in [3.63, 3.8) is 0 Å². The molecular weight excluding hydrogens is 304 g/mol. The van der Waals surface area contributed by atoms with Crippen molar-refractivity contribution >= 4 is 27.1 Å². The fourth-order valence-corrected chi connectivity index (χ4v) is 2.13. The minimum atomic E-state index is -0.680. The molecule has 0 atom stereocenters. The van der Waals surface area contributed by atoms with E-state index in [0.717, 1.165) is 0 Å². The minimum Gasteiger partial charge on any atom is -0.336 e. The van der Waals surface area contributed by atoms with Crippen LogP contribution in [0.2, 0.25) is 0 Å². The highest BCUT2D eigenvalue weighted by atomic mass is 79.9. The number of imidazole rings is 1. The van der Waals surface area contributed by atoms with Crippen molar-refractivity contribution < 1.29 is 8.78 Å². The van der Waals surface area contributed by atoms with Crippen molar-refractivity contribution in [2.75, 3.05) is 0 Å². The maximum atomic E-state index is 13.8. The molecule has 0 amide bonds. The third-order valence-electron chi connectivity index (χ3n) is 2.50. The van der Waals surface area contributed by atoms with E-state index in [2.05, 4.69) is 30.9 Å². The highest BCUT2D eigenvalue weighted by Crippen LogP contribution is 2.28. The van der Waals surface area contributed by atoms with Gasteiger partial charge in [-0.1, -0.05) is 15.9 Å². The lowest BCUT2D eigenvalue weighted by Gasteiger charge is -2.02. The first kappa shape index (κ1) is 11.3. The first-order valence-electron chi connectivity index (χ1n) is 5.11. The van der Waals surface area contributed by atoms with E-state index in [0.29, 0.717) is 15.6 Å². The normalized spacial score (nSPS) is 11.1. The van der Waals surface area contributed by atoms with Crippen molar-refractivity contribution in [1.82, 2.24) is 15.0 Å². The topological polar surface area (TPSA) is 41.6 Å². The van der Waals surface area contributed by atoms with Gasteiger partial charge >= 0.3 is 0 Å². The molecule has 0 aliphatic carbocycles. The molecule has 0 fully saturated rings. The van der Waals surface area contributed by atoms with Gasteiger partial charge in [0.15, 0.2) is 5.65 Å². The number of fused-ring (bicyclic) bond motifs is 1. The van der Waals surface area contributed by atoms with Gasteiger partial charge in [-0.15, -0.1) is 0 Å². The highest BCUT2D eigenvalue weighted by Gasteiger charge is 2.16. The molecular formula is C12H6BrF2N3. The average Bonchev–Trinajstić information content (AvgIpc) is 2.70. The van der Waals surface area contributed by atoms with Gasteiger partial charge < -0.3 is 4.98 Å². The Bertz CT molecular complexity index is 683. The number of benzene rings is 1. The summed E-state index contributed by atoms with van der Waals surface area (Å²) in [5.74, 6) is -1.23. The van der Waals surface area contributed by atoms with E-state index in [1.54, 1.807) is 18.3 Å². The summed E-state index contributed by atoms with van der Waals surface area (Å²) in [5.41, 5.74) is 0.875. The maximum absolute atomic E-state index is 13.8.